The summed E-state index contributed by atoms with van der Waals surface area (Å²) in [5.74, 6) is 0.906. The summed E-state index contributed by atoms with van der Waals surface area (Å²) in [5.41, 5.74) is 12.8. The van der Waals surface area contributed by atoms with Gasteiger partial charge in [-0.2, -0.15) is 0 Å². The second kappa shape index (κ2) is 14.9. The number of aromatic nitrogens is 3. The molecule has 10 rings (SSSR count). The van der Waals surface area contributed by atoms with Crippen molar-refractivity contribution in [3.63, 3.8) is 0 Å². The number of anilines is 3. The molecule has 0 unspecified atom stereocenters. The number of benzene rings is 7. The lowest BCUT2D eigenvalue weighted by Gasteiger charge is -2.27. The molecule has 0 atom stereocenters. The van der Waals surface area contributed by atoms with E-state index in [0.29, 0.717) is 11.4 Å². The summed E-state index contributed by atoms with van der Waals surface area (Å²) in [6.45, 7) is 13.1. The number of nitrogens with zero attached hydrogens (tertiary/aromatic N) is 4. The van der Waals surface area contributed by atoms with E-state index >= 15 is 0 Å². The van der Waals surface area contributed by atoms with Crippen LogP contribution in [0.15, 0.2) is 180 Å². The molecule has 0 fully saturated rings. The summed E-state index contributed by atoms with van der Waals surface area (Å²) in [4.78, 5) is 13.3. The molecule has 0 amide bonds. The number of pyridine rings is 1. The Labute approximate surface area is 362 Å². The molecular weight excluding hydrogens is 761 g/mol. The topological polar surface area (TPSA) is 67.3 Å². The van der Waals surface area contributed by atoms with Crippen molar-refractivity contribution >= 4 is 50.0 Å². The lowest BCUT2D eigenvalue weighted by atomic mass is 9.79. The van der Waals surface area contributed by atoms with Crippen molar-refractivity contribution in [1.82, 2.24) is 14.5 Å². The number of hydrogen-bond donors (Lipinski definition) is 1. The van der Waals surface area contributed by atoms with Crippen molar-refractivity contribution in [2.45, 2.75) is 52.4 Å². The fourth-order valence-electron chi connectivity index (χ4n) is 8.59. The van der Waals surface area contributed by atoms with Gasteiger partial charge in [0.1, 0.15) is 22.9 Å². The molecule has 7 aromatic carbocycles. The standard InChI is InChI=1S/C56H48N4O2/c1-55(2,3)37-33-45(52(61)46(34-37)56(4,5)6)54-58-51-43(29-19-30-48(51)60(54)40-25-14-9-15-26-40)47-35-44-42-28-16-17-31-49(42)62-53(44)50(57-47)36-20-18-27-41(32-36)59(38-21-10-7-11-22-38)39-23-12-8-13-24-39/h7-35,61H,1-6H3. The van der Waals surface area contributed by atoms with Crippen molar-refractivity contribution in [1.29, 1.82) is 0 Å². The summed E-state index contributed by atoms with van der Waals surface area (Å²) in [6.07, 6.45) is 0. The third kappa shape index (κ3) is 6.78. The van der Waals surface area contributed by atoms with E-state index in [9.17, 15) is 5.11 Å². The zero-order valence-electron chi connectivity index (χ0n) is 35.9. The molecule has 0 aliphatic carbocycles. The molecule has 304 valence electrons. The predicted octanol–water partition coefficient (Wildman–Crippen LogP) is 15.1. The van der Waals surface area contributed by atoms with Crippen LogP contribution < -0.4 is 4.90 Å². The van der Waals surface area contributed by atoms with Gasteiger partial charge in [0, 0.05) is 50.2 Å². The van der Waals surface area contributed by atoms with Crippen LogP contribution in [0.3, 0.4) is 0 Å². The van der Waals surface area contributed by atoms with Gasteiger partial charge in [0.25, 0.3) is 0 Å². The smallest absolute Gasteiger partial charge is 0.161 e. The average molecular weight is 809 g/mol. The number of fused-ring (bicyclic) bond motifs is 4. The molecule has 0 bridgehead atoms. The average Bonchev–Trinajstić information content (AvgIpc) is 3.86. The maximum absolute atomic E-state index is 12.2. The highest BCUT2D eigenvalue weighted by molar-refractivity contribution is 6.11. The van der Waals surface area contributed by atoms with Crippen LogP contribution in [0.4, 0.5) is 17.1 Å². The molecule has 0 spiro atoms. The SMILES string of the molecule is CC(C)(C)c1cc(-c2nc3c(-c4cc5c(oc6ccccc65)c(-c5cccc(N(c6ccccc6)c6ccccc6)c5)n4)cccc3n2-c2ccccc2)c(O)c(C(C)(C)C)c1. The molecule has 1 N–H and O–H groups in total. The van der Waals surface area contributed by atoms with Crippen molar-refractivity contribution in [3.05, 3.63) is 187 Å². The number of phenolic OH excluding ortho intramolecular Hbond substituents is 1. The van der Waals surface area contributed by atoms with E-state index in [-0.39, 0.29) is 16.6 Å². The third-order valence-corrected chi connectivity index (χ3v) is 11.8. The van der Waals surface area contributed by atoms with E-state index in [2.05, 4.69) is 178 Å². The Bertz CT molecular complexity index is 3220. The van der Waals surface area contributed by atoms with Gasteiger partial charge in [-0.25, -0.2) is 9.97 Å². The second-order valence-electron chi connectivity index (χ2n) is 18.1. The first-order chi connectivity index (χ1) is 29.9. The Morgan fingerprint density at radius 2 is 1.18 bits per heavy atom. The minimum absolute atomic E-state index is 0.170. The number of phenols is 1. The van der Waals surface area contributed by atoms with Crippen LogP contribution in [0, 0.1) is 0 Å². The predicted molar refractivity (Wildman–Crippen MR) is 256 cm³/mol. The minimum atomic E-state index is -0.311. The second-order valence-corrected chi connectivity index (χ2v) is 18.1. The number of rotatable bonds is 7. The maximum Gasteiger partial charge on any atom is 0.161 e. The third-order valence-electron chi connectivity index (χ3n) is 11.8. The zero-order valence-corrected chi connectivity index (χ0v) is 35.9. The van der Waals surface area contributed by atoms with Gasteiger partial charge in [0.2, 0.25) is 0 Å². The Balaban J connectivity index is 1.23. The van der Waals surface area contributed by atoms with E-state index in [0.717, 1.165) is 89.4 Å². The lowest BCUT2D eigenvalue weighted by Crippen LogP contribution is -2.17. The van der Waals surface area contributed by atoms with Gasteiger partial charge < -0.3 is 14.4 Å². The number of imidazole rings is 1. The highest BCUT2D eigenvalue weighted by Crippen LogP contribution is 2.46. The van der Waals surface area contributed by atoms with Gasteiger partial charge in [0.05, 0.1) is 22.3 Å². The number of aromatic hydroxyl groups is 1. The van der Waals surface area contributed by atoms with Crippen molar-refractivity contribution in [3.8, 4) is 45.3 Å². The minimum Gasteiger partial charge on any atom is -0.507 e. The first kappa shape index (κ1) is 38.7. The van der Waals surface area contributed by atoms with Gasteiger partial charge in [-0.1, -0.05) is 145 Å². The van der Waals surface area contributed by atoms with E-state index < -0.39 is 0 Å². The summed E-state index contributed by atoms with van der Waals surface area (Å²) in [5, 5.41) is 14.2. The van der Waals surface area contributed by atoms with Gasteiger partial charge in [-0.15, -0.1) is 0 Å². The van der Waals surface area contributed by atoms with Crippen LogP contribution in [0.1, 0.15) is 52.7 Å². The molecule has 62 heavy (non-hydrogen) atoms. The van der Waals surface area contributed by atoms with E-state index in [1.807, 2.05) is 48.5 Å². The first-order valence-corrected chi connectivity index (χ1v) is 21.2. The first-order valence-electron chi connectivity index (χ1n) is 21.2. The molecule has 0 radical (unpaired) electrons. The fourth-order valence-corrected chi connectivity index (χ4v) is 8.59. The quantitative estimate of drug-likeness (QED) is 0.174. The molecule has 3 aromatic heterocycles. The number of hydrogen-bond acceptors (Lipinski definition) is 5. The van der Waals surface area contributed by atoms with Crippen LogP contribution >= 0.6 is 0 Å². The lowest BCUT2D eigenvalue weighted by molar-refractivity contribution is 0.446. The molecule has 3 heterocycles. The molecular formula is C56H48N4O2. The largest absolute Gasteiger partial charge is 0.507 e. The molecule has 0 aliphatic heterocycles. The normalized spacial score (nSPS) is 12.1. The summed E-state index contributed by atoms with van der Waals surface area (Å²) >= 11 is 0. The van der Waals surface area contributed by atoms with E-state index in [1.54, 1.807) is 0 Å². The molecule has 0 aliphatic rings. The van der Waals surface area contributed by atoms with Crippen LogP contribution in [-0.4, -0.2) is 19.6 Å². The van der Waals surface area contributed by atoms with Crippen LogP contribution in [-0.2, 0) is 10.8 Å². The highest BCUT2D eigenvalue weighted by Gasteiger charge is 2.29. The summed E-state index contributed by atoms with van der Waals surface area (Å²) in [6, 6.07) is 60.5. The van der Waals surface area contributed by atoms with Gasteiger partial charge in [-0.3, -0.25) is 4.57 Å². The number of para-hydroxylation sites is 5. The Morgan fingerprint density at radius 1 is 0.548 bits per heavy atom. The number of furan rings is 1. The van der Waals surface area contributed by atoms with Gasteiger partial charge in [-0.05, 0) is 89.2 Å². The Hall–Kier alpha value is -7.44. The molecule has 0 saturated carbocycles. The van der Waals surface area contributed by atoms with Crippen LogP contribution in [0.5, 0.6) is 5.75 Å². The maximum atomic E-state index is 12.2. The Kier molecular flexibility index (Phi) is 9.33. The summed E-state index contributed by atoms with van der Waals surface area (Å²) < 4.78 is 8.86. The van der Waals surface area contributed by atoms with Gasteiger partial charge >= 0.3 is 0 Å². The van der Waals surface area contributed by atoms with Crippen molar-refractivity contribution < 1.29 is 9.52 Å². The molecule has 0 saturated heterocycles. The monoisotopic (exact) mass is 808 g/mol. The summed E-state index contributed by atoms with van der Waals surface area (Å²) in [7, 11) is 0. The highest BCUT2D eigenvalue weighted by atomic mass is 16.3. The van der Waals surface area contributed by atoms with E-state index in [1.165, 1.54) is 0 Å². The van der Waals surface area contributed by atoms with Crippen LogP contribution in [0.2, 0.25) is 0 Å². The molecule has 6 heteroatoms. The molecule has 6 nitrogen and oxygen atoms in total. The van der Waals surface area contributed by atoms with Crippen LogP contribution in [0.25, 0.3) is 72.6 Å². The zero-order chi connectivity index (χ0) is 42.8. The molecule has 10 aromatic rings. The Morgan fingerprint density at radius 3 is 1.85 bits per heavy atom. The van der Waals surface area contributed by atoms with Crippen molar-refractivity contribution in [2.24, 2.45) is 0 Å². The van der Waals surface area contributed by atoms with Crippen molar-refractivity contribution in [2.75, 3.05) is 4.90 Å². The fraction of sp³-hybridized carbons (Fsp3) is 0.143. The van der Waals surface area contributed by atoms with E-state index in [4.69, 9.17) is 14.4 Å². The van der Waals surface area contributed by atoms with Gasteiger partial charge in [0.15, 0.2) is 5.58 Å².